The molecular weight excluding hydrogens is 593 g/mol. The van der Waals surface area contributed by atoms with E-state index in [0.29, 0.717) is 12.4 Å². The Labute approximate surface area is 264 Å². The summed E-state index contributed by atoms with van der Waals surface area (Å²) >= 11 is 2.78. The Bertz CT molecular complexity index is 1400. The van der Waals surface area contributed by atoms with Gasteiger partial charge in [0.2, 0.25) is 5.91 Å². The molecule has 0 bridgehead atoms. The monoisotopic (exact) mass is 629 g/mol. The van der Waals surface area contributed by atoms with Crippen LogP contribution >= 0.6 is 23.5 Å². The Morgan fingerprint density at radius 3 is 2.07 bits per heavy atom. The predicted molar refractivity (Wildman–Crippen MR) is 177 cm³/mol. The molecule has 2 aliphatic rings. The molecule has 43 heavy (non-hydrogen) atoms. The molecule has 2 radical (unpaired) electrons. The number of carbonyl (C=O) groups excluding carboxylic acids is 3. The van der Waals surface area contributed by atoms with Crippen LogP contribution in [0.4, 0.5) is 0 Å². The third-order valence-electron chi connectivity index (χ3n) is 8.20. The van der Waals surface area contributed by atoms with Crippen molar-refractivity contribution < 1.29 is 23.5 Å². The summed E-state index contributed by atoms with van der Waals surface area (Å²) in [6.07, 6.45) is 0.434. The van der Waals surface area contributed by atoms with Crippen molar-refractivity contribution in [1.82, 2.24) is 4.90 Å². The number of Topliss-reactive ketones (excluding diaryl/α,β-unsaturated/α-hetero) is 1. The maximum Gasteiger partial charge on any atom is 0.378 e. The van der Waals surface area contributed by atoms with E-state index in [0.717, 1.165) is 5.56 Å². The smallest absolute Gasteiger partial charge is 0.378 e. The number of hydrogen-bond donors (Lipinski definition) is 0. The standard InChI is InChI=1S/C33H36BNO5S2Si/c1-32(2,3)43(26-15-9-5-10-16-26,27-17-11-6-12-18-27)39-19-20-41-33(31(38)40-34)23-35-29(37)28(30(35)42-33)22-25(36)21-24-13-7-4-8-14-24/h4-18,28,30H,19-23H2,1-3H3/t28-,30-,33-/m1/s1. The average molecular weight is 630 g/mol. The van der Waals surface area contributed by atoms with Gasteiger partial charge in [0.1, 0.15) is 5.78 Å². The largest absolute Gasteiger partial charge is 0.542 e. The zero-order chi connectivity index (χ0) is 30.7. The minimum absolute atomic E-state index is 0.00931. The summed E-state index contributed by atoms with van der Waals surface area (Å²) in [6, 6.07) is 30.3. The van der Waals surface area contributed by atoms with Crippen LogP contribution in [0, 0.1) is 5.92 Å². The van der Waals surface area contributed by atoms with E-state index in [1.165, 1.54) is 33.9 Å². The molecule has 2 saturated heterocycles. The molecule has 10 heteroatoms. The normalized spacial score (nSPS) is 21.7. The zero-order valence-corrected chi connectivity index (χ0v) is 27.4. The quantitative estimate of drug-likeness (QED) is 0.168. The number of thioether (sulfide) groups is 2. The summed E-state index contributed by atoms with van der Waals surface area (Å²) in [5.41, 5.74) is 0.924. The van der Waals surface area contributed by atoms with Gasteiger partial charge >= 0.3 is 14.0 Å². The first-order valence-electron chi connectivity index (χ1n) is 14.5. The molecule has 2 fully saturated rings. The van der Waals surface area contributed by atoms with E-state index in [1.54, 1.807) is 4.90 Å². The summed E-state index contributed by atoms with van der Waals surface area (Å²) in [5.74, 6) is -0.629. The Hall–Kier alpha value is -2.79. The number of benzene rings is 3. The molecule has 5 rings (SSSR count). The lowest BCUT2D eigenvalue weighted by molar-refractivity contribution is -0.152. The molecule has 0 aromatic heterocycles. The predicted octanol–water partition coefficient (Wildman–Crippen LogP) is 4.35. The van der Waals surface area contributed by atoms with Gasteiger partial charge in [-0.1, -0.05) is 112 Å². The second-order valence-electron chi connectivity index (χ2n) is 12.0. The summed E-state index contributed by atoms with van der Waals surface area (Å²) < 4.78 is 10.7. The van der Waals surface area contributed by atoms with Gasteiger partial charge in [0.05, 0.1) is 17.8 Å². The van der Waals surface area contributed by atoms with Gasteiger partial charge in [-0.05, 0) is 21.0 Å². The lowest BCUT2D eigenvalue weighted by Gasteiger charge is -2.43. The highest BCUT2D eigenvalue weighted by Crippen LogP contribution is 2.55. The molecule has 2 heterocycles. The van der Waals surface area contributed by atoms with Crippen molar-refractivity contribution in [2.24, 2.45) is 5.92 Å². The molecule has 0 saturated carbocycles. The topological polar surface area (TPSA) is 72.9 Å². The van der Waals surface area contributed by atoms with Crippen molar-refractivity contribution in [3.8, 4) is 0 Å². The molecule has 0 N–H and O–H groups in total. The second-order valence-corrected chi connectivity index (χ2v) is 19.4. The molecular formula is C33H36BNO5S2Si. The molecule has 3 aromatic rings. The number of rotatable bonds is 12. The van der Waals surface area contributed by atoms with Crippen LogP contribution in [-0.4, -0.2) is 67.3 Å². The number of β-lactam (4-membered cyclic amide) rings is 1. The fourth-order valence-corrected chi connectivity index (χ4v) is 14.1. The van der Waals surface area contributed by atoms with E-state index < -0.39 is 24.3 Å². The first-order valence-corrected chi connectivity index (χ1v) is 18.2. The van der Waals surface area contributed by atoms with Gasteiger partial charge < -0.3 is 14.0 Å². The van der Waals surface area contributed by atoms with Gasteiger partial charge in [0.25, 0.3) is 8.32 Å². The van der Waals surface area contributed by atoms with Crippen molar-refractivity contribution >= 4 is 67.9 Å². The third kappa shape index (κ3) is 6.25. The van der Waals surface area contributed by atoms with E-state index in [-0.39, 0.29) is 41.5 Å². The maximum absolute atomic E-state index is 13.1. The fourth-order valence-electron chi connectivity index (χ4n) is 6.20. The molecule has 1 amide bonds. The molecule has 3 atom stereocenters. The van der Waals surface area contributed by atoms with Gasteiger partial charge in [0, 0.05) is 25.2 Å². The van der Waals surface area contributed by atoms with Crippen LogP contribution in [-0.2, 0) is 29.9 Å². The number of ketones is 1. The van der Waals surface area contributed by atoms with Gasteiger partial charge in [-0.3, -0.25) is 14.4 Å². The van der Waals surface area contributed by atoms with E-state index in [4.69, 9.17) is 17.1 Å². The van der Waals surface area contributed by atoms with Crippen LogP contribution in [0.15, 0.2) is 91.0 Å². The summed E-state index contributed by atoms with van der Waals surface area (Å²) in [7, 11) is 2.67. The first-order chi connectivity index (χ1) is 20.6. The molecule has 222 valence electrons. The van der Waals surface area contributed by atoms with Crippen molar-refractivity contribution in [1.29, 1.82) is 0 Å². The van der Waals surface area contributed by atoms with Crippen LogP contribution in [0.1, 0.15) is 32.8 Å². The molecule has 0 spiro atoms. The Balaban J connectivity index is 1.29. The number of nitrogens with zero attached hydrogens (tertiary/aromatic N) is 1. The van der Waals surface area contributed by atoms with Gasteiger partial charge in [-0.15, -0.1) is 23.5 Å². The highest BCUT2D eigenvalue weighted by Gasteiger charge is 2.62. The van der Waals surface area contributed by atoms with E-state index >= 15 is 0 Å². The van der Waals surface area contributed by atoms with Crippen LogP contribution in [0.2, 0.25) is 5.04 Å². The molecule has 6 nitrogen and oxygen atoms in total. The summed E-state index contributed by atoms with van der Waals surface area (Å²) in [6.45, 7) is 7.26. The van der Waals surface area contributed by atoms with Crippen LogP contribution in [0.5, 0.6) is 0 Å². The van der Waals surface area contributed by atoms with Gasteiger partial charge in [-0.25, -0.2) is 0 Å². The van der Waals surface area contributed by atoms with Crippen molar-refractivity contribution in [3.63, 3.8) is 0 Å². The lowest BCUT2D eigenvalue weighted by atomic mass is 9.90. The number of carbonyl (C=O) groups is 3. The summed E-state index contributed by atoms with van der Waals surface area (Å²) in [4.78, 5) is 40.7. The van der Waals surface area contributed by atoms with E-state index in [2.05, 4.69) is 45.0 Å². The SMILES string of the molecule is [B]OC(=O)[C@@]1(SCCO[Si](c2ccccc2)(c2ccccc2)C(C)(C)C)CN2C(=O)[C@@H](CC(=O)Cc3ccccc3)[C@H]2S1. The van der Waals surface area contributed by atoms with Gasteiger partial charge in [-0.2, -0.15) is 0 Å². The van der Waals surface area contributed by atoms with Crippen LogP contribution in [0.25, 0.3) is 0 Å². The molecule has 0 unspecified atom stereocenters. The maximum atomic E-state index is 13.1. The second kappa shape index (κ2) is 13.1. The highest BCUT2D eigenvalue weighted by atomic mass is 32.2. The Morgan fingerprint density at radius 1 is 0.977 bits per heavy atom. The number of fused-ring (bicyclic) bond motifs is 1. The minimum atomic E-state index is -2.74. The number of amides is 1. The molecule has 0 aliphatic carbocycles. The van der Waals surface area contributed by atoms with Crippen molar-refractivity contribution in [2.75, 3.05) is 18.9 Å². The molecule has 2 aliphatic heterocycles. The lowest BCUT2D eigenvalue weighted by Crippen LogP contribution is -2.66. The van der Waals surface area contributed by atoms with Crippen LogP contribution < -0.4 is 10.4 Å². The minimum Gasteiger partial charge on any atom is -0.542 e. The van der Waals surface area contributed by atoms with Crippen LogP contribution in [0.3, 0.4) is 0 Å². The fraction of sp³-hybridized carbons (Fsp3) is 0.364. The Morgan fingerprint density at radius 2 is 1.53 bits per heavy atom. The Kier molecular flexibility index (Phi) is 9.61. The number of hydrogen-bond acceptors (Lipinski definition) is 7. The average Bonchev–Trinajstić information content (AvgIpc) is 3.37. The molecule has 3 aromatic carbocycles. The third-order valence-corrected chi connectivity index (χ3v) is 16.5. The van der Waals surface area contributed by atoms with Crippen molar-refractivity contribution in [3.05, 3.63) is 96.6 Å². The highest BCUT2D eigenvalue weighted by molar-refractivity contribution is 8.20. The van der Waals surface area contributed by atoms with Crippen molar-refractivity contribution in [2.45, 2.75) is 48.1 Å². The zero-order valence-electron chi connectivity index (χ0n) is 24.7. The van der Waals surface area contributed by atoms with E-state index in [1.807, 2.05) is 66.7 Å². The summed E-state index contributed by atoms with van der Waals surface area (Å²) in [5, 5.41) is 1.93. The first kappa shape index (κ1) is 31.6. The van der Waals surface area contributed by atoms with E-state index in [9.17, 15) is 14.4 Å². The van der Waals surface area contributed by atoms with Gasteiger partial charge in [0.15, 0.2) is 4.08 Å².